The Morgan fingerprint density at radius 2 is 1.79 bits per heavy atom. The second kappa shape index (κ2) is 8.36. The molecule has 0 spiro atoms. The molecule has 0 bridgehead atoms. The summed E-state index contributed by atoms with van der Waals surface area (Å²) in [5.41, 5.74) is 3.91. The lowest BCUT2D eigenvalue weighted by atomic mass is 9.79. The lowest BCUT2D eigenvalue weighted by Crippen LogP contribution is -2.12. The van der Waals surface area contributed by atoms with Crippen molar-refractivity contribution in [3.63, 3.8) is 0 Å². The van der Waals surface area contributed by atoms with Crippen LogP contribution >= 0.6 is 11.6 Å². The maximum absolute atomic E-state index is 5.80. The summed E-state index contributed by atoms with van der Waals surface area (Å²) in [5, 5.41) is 0.519. The molecule has 0 saturated heterocycles. The third-order valence-corrected chi connectivity index (χ3v) is 5.09. The van der Waals surface area contributed by atoms with Crippen LogP contribution in [-0.2, 0) is 6.42 Å². The molecule has 1 aromatic carbocycles. The van der Waals surface area contributed by atoms with Crippen LogP contribution in [-0.4, -0.2) is 4.98 Å². The first-order chi connectivity index (χ1) is 11.7. The summed E-state index contributed by atoms with van der Waals surface area (Å²) >= 11 is 5.80. The van der Waals surface area contributed by atoms with Gasteiger partial charge in [0.05, 0.1) is 0 Å². The topological polar surface area (TPSA) is 12.9 Å². The highest BCUT2D eigenvalue weighted by atomic mass is 35.5. The van der Waals surface area contributed by atoms with Crippen molar-refractivity contribution in [2.75, 3.05) is 0 Å². The summed E-state index contributed by atoms with van der Waals surface area (Å²) in [6.07, 6.45) is 9.01. The average molecular weight is 338 g/mol. The van der Waals surface area contributed by atoms with Crippen LogP contribution in [0.25, 0.3) is 0 Å². The molecular formula is C22H24ClN. The zero-order valence-electron chi connectivity index (χ0n) is 14.3. The number of aryl methyl sites for hydroxylation is 1. The van der Waals surface area contributed by atoms with Gasteiger partial charge in [0.15, 0.2) is 0 Å². The van der Waals surface area contributed by atoms with Crippen LogP contribution < -0.4 is 0 Å². The van der Waals surface area contributed by atoms with E-state index in [9.17, 15) is 0 Å². The second-order valence-electron chi connectivity index (χ2n) is 6.68. The number of benzene rings is 1. The normalized spacial score (nSPS) is 20.2. The van der Waals surface area contributed by atoms with Gasteiger partial charge in [-0.2, -0.15) is 0 Å². The molecule has 1 aliphatic carbocycles. The van der Waals surface area contributed by atoms with Gasteiger partial charge < -0.3 is 0 Å². The van der Waals surface area contributed by atoms with Crippen molar-refractivity contribution in [2.45, 2.75) is 51.4 Å². The molecular weight excluding hydrogens is 314 g/mol. The molecule has 0 unspecified atom stereocenters. The van der Waals surface area contributed by atoms with E-state index in [0.29, 0.717) is 17.0 Å². The molecule has 0 amide bonds. The van der Waals surface area contributed by atoms with Gasteiger partial charge in [-0.15, -0.1) is 0 Å². The molecule has 24 heavy (non-hydrogen) atoms. The van der Waals surface area contributed by atoms with E-state index in [-0.39, 0.29) is 0 Å². The van der Waals surface area contributed by atoms with E-state index in [0.717, 1.165) is 5.56 Å². The van der Waals surface area contributed by atoms with Crippen LogP contribution in [0.4, 0.5) is 0 Å². The Balaban J connectivity index is 1.55. The van der Waals surface area contributed by atoms with Crippen molar-refractivity contribution >= 4 is 11.6 Å². The van der Waals surface area contributed by atoms with Crippen molar-refractivity contribution in [3.8, 4) is 11.8 Å². The van der Waals surface area contributed by atoms with Crippen LogP contribution in [0.1, 0.15) is 61.6 Å². The van der Waals surface area contributed by atoms with Gasteiger partial charge in [-0.1, -0.05) is 61.1 Å². The molecule has 1 saturated carbocycles. The van der Waals surface area contributed by atoms with Gasteiger partial charge in [0, 0.05) is 17.7 Å². The van der Waals surface area contributed by atoms with Crippen LogP contribution in [0.2, 0.25) is 5.15 Å². The zero-order chi connectivity index (χ0) is 16.8. The highest BCUT2D eigenvalue weighted by Gasteiger charge is 2.21. The van der Waals surface area contributed by atoms with Crippen LogP contribution in [0, 0.1) is 17.8 Å². The van der Waals surface area contributed by atoms with Crippen molar-refractivity contribution in [1.82, 2.24) is 4.98 Å². The first-order valence-electron chi connectivity index (χ1n) is 8.96. The minimum absolute atomic E-state index is 0.510. The molecule has 1 nitrogen and oxygen atoms in total. The van der Waals surface area contributed by atoms with Crippen molar-refractivity contribution < 1.29 is 0 Å². The third kappa shape index (κ3) is 4.62. The zero-order valence-corrected chi connectivity index (χ0v) is 15.0. The smallest absolute Gasteiger partial charge is 0.129 e. The molecule has 0 radical (unpaired) electrons. The molecule has 1 fully saturated rings. The molecule has 2 aromatic rings. The quantitative estimate of drug-likeness (QED) is 0.493. The summed E-state index contributed by atoms with van der Waals surface area (Å²) in [7, 11) is 0. The molecule has 1 heterocycles. The van der Waals surface area contributed by atoms with Gasteiger partial charge in [0.2, 0.25) is 0 Å². The Morgan fingerprint density at radius 1 is 1.04 bits per heavy atom. The molecule has 3 rings (SSSR count). The summed E-state index contributed by atoms with van der Waals surface area (Å²) in [6, 6.07) is 13.0. The lowest BCUT2D eigenvalue weighted by molar-refractivity contribution is 0.384. The molecule has 0 N–H and O–H groups in total. The van der Waals surface area contributed by atoms with Crippen molar-refractivity contribution in [1.29, 1.82) is 0 Å². The summed E-state index contributed by atoms with van der Waals surface area (Å²) < 4.78 is 0. The fourth-order valence-corrected chi connectivity index (χ4v) is 3.56. The van der Waals surface area contributed by atoms with Crippen LogP contribution in [0.15, 0.2) is 42.6 Å². The van der Waals surface area contributed by atoms with E-state index >= 15 is 0 Å². The maximum atomic E-state index is 5.80. The second-order valence-corrected chi connectivity index (χ2v) is 7.07. The predicted molar refractivity (Wildman–Crippen MR) is 101 cm³/mol. The largest absolute Gasteiger partial charge is 0.243 e. The average Bonchev–Trinajstić information content (AvgIpc) is 2.63. The number of halogens is 1. The molecule has 0 atom stereocenters. The number of hydrogen-bond acceptors (Lipinski definition) is 1. The fraction of sp³-hybridized carbons (Fsp3) is 0.409. The fourth-order valence-electron chi connectivity index (χ4n) is 3.45. The number of nitrogens with zero attached hydrogens (tertiary/aromatic N) is 1. The lowest BCUT2D eigenvalue weighted by Gasteiger charge is -2.26. The minimum atomic E-state index is 0.510. The van der Waals surface area contributed by atoms with E-state index in [1.54, 1.807) is 12.3 Å². The van der Waals surface area contributed by atoms with Gasteiger partial charge in [0.25, 0.3) is 0 Å². The highest BCUT2D eigenvalue weighted by Crippen LogP contribution is 2.35. The van der Waals surface area contributed by atoms with Gasteiger partial charge in [-0.3, -0.25) is 0 Å². The van der Waals surface area contributed by atoms with Gasteiger partial charge in [0.1, 0.15) is 5.15 Å². The van der Waals surface area contributed by atoms with E-state index in [2.05, 4.69) is 48.0 Å². The van der Waals surface area contributed by atoms with E-state index in [1.165, 1.54) is 49.7 Å². The number of hydrogen-bond donors (Lipinski definition) is 0. The van der Waals surface area contributed by atoms with Crippen LogP contribution in [0.5, 0.6) is 0 Å². The van der Waals surface area contributed by atoms with E-state index < -0.39 is 0 Å². The number of pyridine rings is 1. The number of rotatable bonds is 3. The summed E-state index contributed by atoms with van der Waals surface area (Å²) in [5.74, 6) is 7.88. The monoisotopic (exact) mass is 337 g/mol. The summed E-state index contributed by atoms with van der Waals surface area (Å²) in [4.78, 5) is 4.08. The Morgan fingerprint density at radius 3 is 2.42 bits per heavy atom. The van der Waals surface area contributed by atoms with Gasteiger partial charge >= 0.3 is 0 Å². The van der Waals surface area contributed by atoms with Crippen LogP contribution in [0.3, 0.4) is 0 Å². The first kappa shape index (κ1) is 17.1. The third-order valence-electron chi connectivity index (χ3n) is 4.86. The van der Waals surface area contributed by atoms with Gasteiger partial charge in [-0.25, -0.2) is 4.98 Å². The Kier molecular flexibility index (Phi) is 5.94. The molecule has 2 heteroatoms. The Labute approximate surface area is 150 Å². The predicted octanol–water partition coefficient (Wildman–Crippen LogP) is 6.01. The SMILES string of the molecule is CCCc1ccc([C@H]2CC[C@H](C#Cc3ccc(Cl)nc3)CC2)cc1. The van der Waals surface area contributed by atoms with Crippen molar-refractivity contribution in [2.24, 2.45) is 5.92 Å². The first-order valence-corrected chi connectivity index (χ1v) is 9.34. The molecule has 1 aliphatic rings. The number of aromatic nitrogens is 1. The molecule has 124 valence electrons. The Bertz CT molecular complexity index is 698. The van der Waals surface area contributed by atoms with Gasteiger partial charge in [-0.05, 0) is 61.3 Å². The van der Waals surface area contributed by atoms with E-state index in [4.69, 9.17) is 11.6 Å². The highest BCUT2D eigenvalue weighted by molar-refractivity contribution is 6.29. The standard InChI is InChI=1S/C22H24ClN/c1-2-3-17-6-11-20(12-7-17)21-13-8-18(9-14-21)4-5-19-10-15-22(23)24-16-19/h6-7,10-12,15-16,18,21H,2-3,8-9,13-14H2,1H3/t18-,21-. The summed E-state index contributed by atoms with van der Waals surface area (Å²) in [6.45, 7) is 2.23. The maximum Gasteiger partial charge on any atom is 0.129 e. The molecule has 0 aliphatic heterocycles. The molecule has 1 aromatic heterocycles. The minimum Gasteiger partial charge on any atom is -0.243 e. The Hall–Kier alpha value is -1.78. The van der Waals surface area contributed by atoms with Crippen molar-refractivity contribution in [3.05, 3.63) is 64.4 Å². The van der Waals surface area contributed by atoms with E-state index in [1.807, 2.05) is 6.07 Å².